The average Bonchev–Trinajstić information content (AvgIpc) is 2.85. The van der Waals surface area contributed by atoms with Gasteiger partial charge in [0.15, 0.2) is 0 Å². The van der Waals surface area contributed by atoms with Crippen molar-refractivity contribution in [1.29, 1.82) is 0 Å². The van der Waals surface area contributed by atoms with E-state index in [-0.39, 0.29) is 18.1 Å². The van der Waals surface area contributed by atoms with E-state index in [9.17, 15) is 19.5 Å². The Labute approximate surface area is 163 Å². The first-order chi connectivity index (χ1) is 12.6. The summed E-state index contributed by atoms with van der Waals surface area (Å²) in [5.41, 5.74) is 2.37. The van der Waals surface area contributed by atoms with Crippen LogP contribution in [-0.2, 0) is 23.1 Å². The van der Waals surface area contributed by atoms with E-state index in [0.29, 0.717) is 22.0 Å². The maximum Gasteiger partial charge on any atom is 0.326 e. The summed E-state index contributed by atoms with van der Waals surface area (Å²) in [6.07, 6.45) is -0.0122. The number of carbonyl (C=O) groups is 3. The maximum atomic E-state index is 12.8. The summed E-state index contributed by atoms with van der Waals surface area (Å²) in [6, 6.07) is 7.44. The number of nitrogens with one attached hydrogen (secondary N) is 1. The number of halogens is 1. The minimum atomic E-state index is -1.07. The molecule has 2 N–H and O–H groups in total. The summed E-state index contributed by atoms with van der Waals surface area (Å²) in [6.45, 7) is 5.27. The number of hydrogen-bond acceptors (Lipinski definition) is 3. The lowest BCUT2D eigenvalue weighted by atomic mass is 10.0. The van der Waals surface area contributed by atoms with Crippen LogP contribution in [0.3, 0.4) is 0 Å². The van der Waals surface area contributed by atoms with E-state index < -0.39 is 17.9 Å². The van der Waals surface area contributed by atoms with E-state index in [1.165, 1.54) is 0 Å². The van der Waals surface area contributed by atoms with Gasteiger partial charge in [-0.25, -0.2) is 4.79 Å². The van der Waals surface area contributed by atoms with Crippen molar-refractivity contribution in [2.24, 2.45) is 13.0 Å². The maximum absolute atomic E-state index is 12.8. The summed E-state index contributed by atoms with van der Waals surface area (Å²) in [5, 5.41) is 12.3. The molecule has 0 unspecified atom stereocenters. The Morgan fingerprint density at radius 2 is 1.78 bits per heavy atom. The van der Waals surface area contributed by atoms with Gasteiger partial charge in [0.05, 0.1) is 12.1 Å². The fourth-order valence-electron chi connectivity index (χ4n) is 2.96. The van der Waals surface area contributed by atoms with Crippen molar-refractivity contribution >= 4 is 29.3 Å². The molecule has 0 aliphatic carbocycles. The Morgan fingerprint density at radius 1 is 1.19 bits per heavy atom. The van der Waals surface area contributed by atoms with E-state index in [1.807, 2.05) is 0 Å². The van der Waals surface area contributed by atoms with E-state index >= 15 is 0 Å². The Hall–Kier alpha value is -2.60. The zero-order valence-electron chi connectivity index (χ0n) is 15.7. The molecule has 6 nitrogen and oxygen atoms in total. The lowest BCUT2D eigenvalue weighted by molar-refractivity contribution is -0.143. The van der Waals surface area contributed by atoms with Gasteiger partial charge in [0.25, 0.3) is 0 Å². The number of hydrogen-bond donors (Lipinski definition) is 2. The van der Waals surface area contributed by atoms with E-state index in [1.54, 1.807) is 62.7 Å². The quantitative estimate of drug-likeness (QED) is 0.711. The predicted molar refractivity (Wildman–Crippen MR) is 103 cm³/mol. The van der Waals surface area contributed by atoms with Gasteiger partial charge in [0, 0.05) is 23.3 Å². The lowest BCUT2D eigenvalue weighted by Crippen LogP contribution is -2.45. The molecule has 7 heteroatoms. The van der Waals surface area contributed by atoms with Crippen molar-refractivity contribution in [3.63, 3.8) is 0 Å². The van der Waals surface area contributed by atoms with Gasteiger partial charge in [-0.15, -0.1) is 0 Å². The van der Waals surface area contributed by atoms with Crippen molar-refractivity contribution in [1.82, 2.24) is 9.88 Å². The number of carboxylic acids is 1. The van der Waals surface area contributed by atoms with Crippen LogP contribution in [0.2, 0.25) is 5.02 Å². The van der Waals surface area contributed by atoms with Crippen LogP contribution in [0.25, 0.3) is 0 Å². The molecule has 1 aromatic heterocycles. The molecule has 2 rings (SSSR count). The Morgan fingerprint density at radius 3 is 2.30 bits per heavy atom. The van der Waals surface area contributed by atoms with Crippen LogP contribution in [0.15, 0.2) is 30.3 Å². The number of aromatic nitrogens is 1. The van der Waals surface area contributed by atoms with Gasteiger partial charge in [-0.1, -0.05) is 25.4 Å². The zero-order chi connectivity index (χ0) is 20.3. The monoisotopic (exact) mass is 390 g/mol. The average molecular weight is 391 g/mol. The van der Waals surface area contributed by atoms with Crippen molar-refractivity contribution in [3.05, 3.63) is 57.9 Å². The van der Waals surface area contributed by atoms with Gasteiger partial charge in [-0.05, 0) is 48.7 Å². The number of aryl methyl sites for hydroxylation is 1. The van der Waals surface area contributed by atoms with Crippen LogP contribution in [0.1, 0.15) is 41.2 Å². The van der Waals surface area contributed by atoms with Crippen LogP contribution < -0.4 is 5.32 Å². The minimum absolute atomic E-state index is 0.0122. The van der Waals surface area contributed by atoms with Crippen LogP contribution in [0, 0.1) is 12.8 Å². The second-order valence-corrected chi connectivity index (χ2v) is 7.30. The van der Waals surface area contributed by atoms with Crippen LogP contribution in [0.4, 0.5) is 0 Å². The zero-order valence-corrected chi connectivity index (χ0v) is 16.5. The lowest BCUT2D eigenvalue weighted by Gasteiger charge is -2.18. The van der Waals surface area contributed by atoms with Crippen molar-refractivity contribution in [2.45, 2.75) is 33.2 Å². The van der Waals surface area contributed by atoms with Crippen LogP contribution >= 0.6 is 11.6 Å². The molecule has 144 valence electrons. The van der Waals surface area contributed by atoms with Gasteiger partial charge in [0.2, 0.25) is 11.7 Å². The smallest absolute Gasteiger partial charge is 0.326 e. The molecule has 1 heterocycles. The summed E-state index contributed by atoms with van der Waals surface area (Å²) >= 11 is 5.87. The molecule has 0 aliphatic rings. The number of nitrogens with zero attached hydrogens (tertiary/aromatic N) is 1. The third kappa shape index (κ3) is 4.77. The van der Waals surface area contributed by atoms with Gasteiger partial charge >= 0.3 is 5.97 Å². The Kier molecular flexibility index (Phi) is 6.44. The van der Waals surface area contributed by atoms with Gasteiger partial charge in [-0.3, -0.25) is 9.59 Å². The van der Waals surface area contributed by atoms with Gasteiger partial charge < -0.3 is 15.0 Å². The molecule has 0 saturated heterocycles. The number of ketones is 1. The molecule has 1 aromatic carbocycles. The standard InChI is InChI=1S/C20H23ClN2O4/c1-11(2)17(20(26)27)22-16(24)10-15-9-12(3)18(23(15)4)19(25)13-5-7-14(21)8-6-13/h5-9,11,17H,10H2,1-4H3,(H,22,24)(H,26,27)/t17-/m0/s1. The second-order valence-electron chi connectivity index (χ2n) is 6.87. The molecule has 1 amide bonds. The molecular formula is C20H23ClN2O4. The minimum Gasteiger partial charge on any atom is -0.480 e. The van der Waals surface area contributed by atoms with Crippen molar-refractivity contribution < 1.29 is 19.5 Å². The van der Waals surface area contributed by atoms with Gasteiger partial charge in [0.1, 0.15) is 6.04 Å². The number of carbonyl (C=O) groups excluding carboxylic acids is 2. The molecule has 0 saturated carbocycles. The highest BCUT2D eigenvalue weighted by atomic mass is 35.5. The Balaban J connectivity index is 2.22. The summed E-state index contributed by atoms with van der Waals surface area (Å²) in [7, 11) is 1.72. The number of aliphatic carboxylic acids is 1. The highest BCUT2D eigenvalue weighted by molar-refractivity contribution is 6.30. The highest BCUT2D eigenvalue weighted by Gasteiger charge is 2.25. The predicted octanol–water partition coefficient (Wildman–Crippen LogP) is 2.99. The SMILES string of the molecule is Cc1cc(CC(=O)N[C@H](C(=O)O)C(C)C)n(C)c1C(=O)c1ccc(Cl)cc1. The highest BCUT2D eigenvalue weighted by Crippen LogP contribution is 2.20. The molecule has 0 radical (unpaired) electrons. The summed E-state index contributed by atoms with van der Waals surface area (Å²) in [4.78, 5) is 36.4. The summed E-state index contributed by atoms with van der Waals surface area (Å²) in [5.74, 6) is -1.87. The summed E-state index contributed by atoms with van der Waals surface area (Å²) < 4.78 is 1.68. The fraction of sp³-hybridized carbons (Fsp3) is 0.350. The normalized spacial score (nSPS) is 12.1. The van der Waals surface area contributed by atoms with Crippen molar-refractivity contribution in [2.75, 3.05) is 0 Å². The number of benzene rings is 1. The first kappa shape index (κ1) is 20.7. The van der Waals surface area contributed by atoms with Crippen molar-refractivity contribution in [3.8, 4) is 0 Å². The van der Waals surface area contributed by atoms with E-state index in [0.717, 1.165) is 5.56 Å². The Bertz CT molecular complexity index is 869. The molecule has 0 fully saturated rings. The molecule has 2 aromatic rings. The molecule has 0 spiro atoms. The molecular weight excluding hydrogens is 368 g/mol. The van der Waals surface area contributed by atoms with Crippen LogP contribution in [-0.4, -0.2) is 33.4 Å². The topological polar surface area (TPSA) is 88.4 Å². The fourth-order valence-corrected chi connectivity index (χ4v) is 3.09. The molecule has 0 bridgehead atoms. The van der Waals surface area contributed by atoms with E-state index in [2.05, 4.69) is 5.32 Å². The third-order valence-corrected chi connectivity index (χ3v) is 4.69. The number of carboxylic acid groups (broad SMARTS) is 1. The largest absolute Gasteiger partial charge is 0.480 e. The molecule has 27 heavy (non-hydrogen) atoms. The second kappa shape index (κ2) is 8.39. The van der Waals surface area contributed by atoms with Crippen LogP contribution in [0.5, 0.6) is 0 Å². The first-order valence-electron chi connectivity index (χ1n) is 8.59. The molecule has 0 aliphatic heterocycles. The third-order valence-electron chi connectivity index (χ3n) is 4.44. The first-order valence-corrected chi connectivity index (χ1v) is 8.97. The number of rotatable bonds is 7. The number of amides is 1. The molecule has 1 atom stereocenters. The van der Waals surface area contributed by atoms with Gasteiger partial charge in [-0.2, -0.15) is 0 Å². The van der Waals surface area contributed by atoms with E-state index in [4.69, 9.17) is 11.6 Å².